The molecule has 3 amide bonds. The molecule has 0 aliphatic carbocycles. The van der Waals surface area contributed by atoms with Gasteiger partial charge in [0.1, 0.15) is 12.1 Å². The second kappa shape index (κ2) is 16.5. The Kier molecular flexibility index (Phi) is 14.5. The number of hydrogen-bond donors (Lipinski definition) is 10. The third kappa shape index (κ3) is 15.3. The predicted molar refractivity (Wildman–Crippen MR) is 125 cm³/mol. The number of guanidine groups is 2. The maximum Gasteiger partial charge on any atom is 0.326 e. The van der Waals surface area contributed by atoms with Crippen molar-refractivity contribution in [1.29, 1.82) is 0 Å². The molecule has 0 aliphatic heterocycles. The largest absolute Gasteiger partial charge is 0.481 e. The lowest BCUT2D eigenvalue weighted by Crippen LogP contribution is -2.53. The monoisotopic (exact) mass is 502 g/mol. The van der Waals surface area contributed by atoms with Crippen molar-refractivity contribution >= 4 is 41.6 Å². The minimum atomic E-state index is -1.68. The second-order valence-corrected chi connectivity index (χ2v) is 7.34. The first kappa shape index (κ1) is 30.9. The van der Waals surface area contributed by atoms with E-state index in [2.05, 4.69) is 20.6 Å². The lowest BCUT2D eigenvalue weighted by Gasteiger charge is -2.21. The van der Waals surface area contributed by atoms with E-state index in [0.717, 1.165) is 0 Å². The van der Waals surface area contributed by atoms with Gasteiger partial charge in [0.15, 0.2) is 11.9 Å². The number of nitrogens with two attached hydrogens (primary N) is 5. The van der Waals surface area contributed by atoms with Crippen LogP contribution in [-0.4, -0.2) is 89.6 Å². The van der Waals surface area contributed by atoms with Gasteiger partial charge in [-0.25, -0.2) is 4.79 Å². The molecule has 0 rings (SSSR count). The first-order chi connectivity index (χ1) is 16.3. The highest BCUT2D eigenvalue weighted by atomic mass is 16.4. The van der Waals surface area contributed by atoms with Crippen LogP contribution in [0.3, 0.4) is 0 Å². The molecule has 35 heavy (non-hydrogen) atoms. The maximum absolute atomic E-state index is 12.6. The van der Waals surface area contributed by atoms with Gasteiger partial charge in [-0.15, -0.1) is 0 Å². The van der Waals surface area contributed by atoms with Crippen molar-refractivity contribution in [2.75, 3.05) is 19.6 Å². The number of hydrogen-bond acceptors (Lipinski definition) is 8. The molecule has 0 bridgehead atoms. The number of carbonyl (C=O) groups is 5. The zero-order valence-corrected chi connectivity index (χ0v) is 19.1. The van der Waals surface area contributed by atoms with Crippen LogP contribution < -0.4 is 44.6 Å². The smallest absolute Gasteiger partial charge is 0.326 e. The Hall–Kier alpha value is -4.15. The SMILES string of the molecule is NC(N)=NCCCC(N)C(=O)NC(CCCN=C(N)N)C(=O)NCC(=O)NC(CC(=O)O)C(=O)O. The molecule has 0 heterocycles. The van der Waals surface area contributed by atoms with E-state index in [1.54, 1.807) is 0 Å². The van der Waals surface area contributed by atoms with Crippen LogP contribution in [0.4, 0.5) is 0 Å². The fraction of sp³-hybridized carbons (Fsp3) is 0.611. The van der Waals surface area contributed by atoms with E-state index in [9.17, 15) is 24.0 Å². The van der Waals surface area contributed by atoms with Crippen molar-refractivity contribution in [3.05, 3.63) is 0 Å². The van der Waals surface area contributed by atoms with Crippen LogP contribution in [0, 0.1) is 0 Å². The molecule has 0 radical (unpaired) electrons. The van der Waals surface area contributed by atoms with Crippen LogP contribution in [0.15, 0.2) is 9.98 Å². The molecule has 198 valence electrons. The van der Waals surface area contributed by atoms with E-state index in [1.807, 2.05) is 5.32 Å². The minimum absolute atomic E-state index is 0.0907. The molecule has 0 saturated carbocycles. The van der Waals surface area contributed by atoms with Gasteiger partial charge in [0.2, 0.25) is 17.7 Å². The van der Waals surface area contributed by atoms with Crippen molar-refractivity contribution in [2.45, 2.75) is 50.2 Å². The number of nitrogens with one attached hydrogen (secondary N) is 3. The normalized spacial score (nSPS) is 12.8. The molecule has 0 aromatic carbocycles. The lowest BCUT2D eigenvalue weighted by atomic mass is 10.1. The predicted octanol–water partition coefficient (Wildman–Crippen LogP) is -4.93. The summed E-state index contributed by atoms with van der Waals surface area (Å²) >= 11 is 0. The molecule has 17 nitrogen and oxygen atoms in total. The quantitative estimate of drug-likeness (QED) is 0.0508. The molecule has 17 heteroatoms. The molecule has 0 aliphatic rings. The van der Waals surface area contributed by atoms with Crippen LogP contribution in [0.25, 0.3) is 0 Å². The number of aliphatic imine (C=N–C) groups is 2. The summed E-state index contributed by atoms with van der Waals surface area (Å²) in [6, 6.07) is -3.75. The molecular formula is C18H34N10O7. The Bertz CT molecular complexity index is 809. The van der Waals surface area contributed by atoms with Gasteiger partial charge >= 0.3 is 11.9 Å². The van der Waals surface area contributed by atoms with Crippen molar-refractivity contribution in [1.82, 2.24) is 16.0 Å². The van der Waals surface area contributed by atoms with Crippen LogP contribution in [0.1, 0.15) is 32.1 Å². The average molecular weight is 503 g/mol. The molecule has 0 saturated heterocycles. The van der Waals surface area contributed by atoms with E-state index in [0.29, 0.717) is 12.8 Å². The van der Waals surface area contributed by atoms with E-state index in [4.69, 9.17) is 38.9 Å². The first-order valence-electron chi connectivity index (χ1n) is 10.5. The van der Waals surface area contributed by atoms with Gasteiger partial charge < -0.3 is 54.8 Å². The molecule has 0 aromatic heterocycles. The van der Waals surface area contributed by atoms with Gasteiger partial charge in [0.25, 0.3) is 0 Å². The summed E-state index contributed by atoms with van der Waals surface area (Å²) in [6.07, 6.45) is 0.178. The summed E-state index contributed by atoms with van der Waals surface area (Å²) in [7, 11) is 0. The zero-order valence-electron chi connectivity index (χ0n) is 19.1. The van der Waals surface area contributed by atoms with E-state index in [1.165, 1.54) is 0 Å². The topological polar surface area (TPSA) is 317 Å². The maximum atomic E-state index is 12.6. The van der Waals surface area contributed by atoms with Crippen LogP contribution in [0.5, 0.6) is 0 Å². The highest BCUT2D eigenvalue weighted by Crippen LogP contribution is 2.02. The molecule has 15 N–H and O–H groups in total. The molecule has 3 unspecified atom stereocenters. The van der Waals surface area contributed by atoms with Gasteiger partial charge in [-0.05, 0) is 25.7 Å². The summed E-state index contributed by atoms with van der Waals surface area (Å²) in [5.74, 6) is -5.55. The number of aliphatic carboxylic acids is 2. The third-order valence-electron chi connectivity index (χ3n) is 4.32. The number of rotatable bonds is 17. The molecule has 0 aromatic rings. The fourth-order valence-corrected chi connectivity index (χ4v) is 2.61. The number of carboxylic acids is 2. The highest BCUT2D eigenvalue weighted by molar-refractivity contribution is 5.93. The number of carbonyl (C=O) groups excluding carboxylic acids is 3. The molecular weight excluding hydrogens is 468 g/mol. The van der Waals surface area contributed by atoms with Gasteiger partial charge in [0, 0.05) is 13.1 Å². The highest BCUT2D eigenvalue weighted by Gasteiger charge is 2.26. The second-order valence-electron chi connectivity index (χ2n) is 7.34. The Labute approximate surface area is 200 Å². The number of carboxylic acid groups (broad SMARTS) is 2. The van der Waals surface area contributed by atoms with Crippen molar-refractivity contribution in [2.24, 2.45) is 38.7 Å². The van der Waals surface area contributed by atoms with E-state index in [-0.39, 0.29) is 37.9 Å². The Morgan fingerprint density at radius 1 is 0.771 bits per heavy atom. The summed E-state index contributed by atoms with van der Waals surface area (Å²) in [5.41, 5.74) is 26.8. The van der Waals surface area contributed by atoms with Crippen LogP contribution in [-0.2, 0) is 24.0 Å². The minimum Gasteiger partial charge on any atom is -0.481 e. The lowest BCUT2D eigenvalue weighted by molar-refractivity contribution is -0.147. The van der Waals surface area contributed by atoms with Crippen molar-refractivity contribution in [3.63, 3.8) is 0 Å². The van der Waals surface area contributed by atoms with Crippen LogP contribution >= 0.6 is 0 Å². The fourth-order valence-electron chi connectivity index (χ4n) is 2.61. The van der Waals surface area contributed by atoms with Crippen molar-refractivity contribution in [3.8, 4) is 0 Å². The van der Waals surface area contributed by atoms with E-state index < -0.39 is 60.8 Å². The first-order valence-corrected chi connectivity index (χ1v) is 10.5. The summed E-state index contributed by atoms with van der Waals surface area (Å²) < 4.78 is 0. The number of amides is 3. The van der Waals surface area contributed by atoms with E-state index >= 15 is 0 Å². The van der Waals surface area contributed by atoms with Gasteiger partial charge in [-0.1, -0.05) is 0 Å². The average Bonchev–Trinajstić information content (AvgIpc) is 2.75. The van der Waals surface area contributed by atoms with Crippen molar-refractivity contribution < 1.29 is 34.2 Å². The molecule has 3 atom stereocenters. The number of nitrogens with zero attached hydrogens (tertiary/aromatic N) is 2. The standard InChI is InChI=1S/C18H34N10O7/c19-9(3-1-5-24-17(20)21)14(32)28-10(4-2-6-25-18(22)23)15(33)26-8-12(29)27-11(16(34)35)7-13(30)31/h9-11H,1-8,19H2,(H,26,33)(H,27,29)(H,28,32)(H,30,31)(H,34,35)(H4,20,21,24)(H4,22,23,25). The van der Waals surface area contributed by atoms with Crippen LogP contribution in [0.2, 0.25) is 0 Å². The third-order valence-corrected chi connectivity index (χ3v) is 4.32. The summed E-state index contributed by atoms with van der Waals surface area (Å²) in [6.45, 7) is -0.227. The Balaban J connectivity index is 5.00. The van der Waals surface area contributed by atoms with Gasteiger partial charge in [-0.2, -0.15) is 0 Å². The molecule has 0 fully saturated rings. The summed E-state index contributed by atoms with van der Waals surface area (Å²) in [4.78, 5) is 66.3. The van der Waals surface area contributed by atoms with Gasteiger partial charge in [0.05, 0.1) is 19.0 Å². The Morgan fingerprint density at radius 3 is 1.80 bits per heavy atom. The zero-order chi connectivity index (χ0) is 27.0. The summed E-state index contributed by atoms with van der Waals surface area (Å²) in [5, 5.41) is 24.4. The van der Waals surface area contributed by atoms with Gasteiger partial charge in [-0.3, -0.25) is 29.2 Å². The Morgan fingerprint density at radius 2 is 1.31 bits per heavy atom. The molecule has 0 spiro atoms.